The van der Waals surface area contributed by atoms with Crippen LogP contribution in [0.25, 0.3) is 0 Å². The fourth-order valence-electron chi connectivity index (χ4n) is 3.49. The van der Waals surface area contributed by atoms with E-state index in [-0.39, 0.29) is 34.1 Å². The molecule has 1 saturated carbocycles. The fraction of sp³-hybridized carbons (Fsp3) is 0.273. The number of halogens is 4. The average molecular weight is 556 g/mol. The van der Waals surface area contributed by atoms with Crippen LogP contribution in [0.5, 0.6) is 11.5 Å². The lowest BCUT2D eigenvalue weighted by Gasteiger charge is -2.12. The second-order valence-electron chi connectivity index (χ2n) is 7.85. The molecule has 0 atom stereocenters. The fourth-order valence-corrected chi connectivity index (χ4v) is 4.50. The van der Waals surface area contributed by atoms with Crippen molar-refractivity contribution in [1.29, 1.82) is 0 Å². The van der Waals surface area contributed by atoms with E-state index in [1.165, 1.54) is 22.9 Å². The molecule has 0 aliphatic heterocycles. The van der Waals surface area contributed by atoms with Gasteiger partial charge in [-0.15, -0.1) is 0 Å². The van der Waals surface area contributed by atoms with Crippen LogP contribution in [0.15, 0.2) is 40.9 Å². The van der Waals surface area contributed by atoms with Gasteiger partial charge in [-0.1, -0.05) is 11.6 Å². The van der Waals surface area contributed by atoms with E-state index in [0.29, 0.717) is 16.5 Å². The summed E-state index contributed by atoms with van der Waals surface area (Å²) in [6.07, 6.45) is -1.14. The Balaban J connectivity index is 1.57. The van der Waals surface area contributed by atoms with Gasteiger partial charge in [0.1, 0.15) is 23.7 Å². The maximum Gasteiger partial charge on any atom is 0.283 e. The van der Waals surface area contributed by atoms with Crippen LogP contribution in [-0.4, -0.2) is 20.6 Å². The van der Waals surface area contributed by atoms with Crippen molar-refractivity contribution >= 4 is 44.8 Å². The van der Waals surface area contributed by atoms with Crippen molar-refractivity contribution in [3.8, 4) is 11.5 Å². The number of alkyl halides is 2. The summed E-state index contributed by atoms with van der Waals surface area (Å²) in [5.74, 6) is 0.0574. The third kappa shape index (κ3) is 5.36. The van der Waals surface area contributed by atoms with Crippen molar-refractivity contribution < 1.29 is 23.2 Å². The van der Waals surface area contributed by atoms with Gasteiger partial charge in [-0.25, -0.2) is 8.78 Å². The third-order valence-electron chi connectivity index (χ3n) is 5.17. The van der Waals surface area contributed by atoms with E-state index in [4.69, 9.17) is 16.3 Å². The summed E-state index contributed by atoms with van der Waals surface area (Å²) in [5.41, 5.74) is 0.677. The van der Waals surface area contributed by atoms with Gasteiger partial charge in [0.05, 0.1) is 26.8 Å². The van der Waals surface area contributed by atoms with E-state index in [2.05, 4.69) is 26.3 Å². The zero-order chi connectivity index (χ0) is 24.6. The standard InChI is InChI=1S/C22H18BrClF2N4O4/c1-11-6-13(24)4-5-17(11)34-16-8-14(7-15(9-16)30(32)33)27-18(31)10-29-21(12-2-3-12)19(23)20(28-29)22(25)26/h4-9,12,22H,2-3,10H2,1H3,(H,27,31). The number of non-ortho nitro benzene ring substituents is 1. The van der Waals surface area contributed by atoms with Crippen molar-refractivity contribution in [1.82, 2.24) is 9.78 Å². The number of hydrogen-bond donors (Lipinski definition) is 1. The van der Waals surface area contributed by atoms with E-state index < -0.39 is 22.9 Å². The first-order valence-electron chi connectivity index (χ1n) is 10.2. The molecule has 1 heterocycles. The molecule has 1 aliphatic carbocycles. The van der Waals surface area contributed by atoms with Crippen LogP contribution in [0, 0.1) is 17.0 Å². The molecule has 1 fully saturated rings. The molecule has 1 aromatic heterocycles. The van der Waals surface area contributed by atoms with Crippen molar-refractivity contribution in [2.45, 2.75) is 38.7 Å². The highest BCUT2D eigenvalue weighted by Gasteiger charge is 2.34. The molecule has 1 amide bonds. The van der Waals surface area contributed by atoms with Crippen LogP contribution in [0.3, 0.4) is 0 Å². The summed E-state index contributed by atoms with van der Waals surface area (Å²) in [7, 11) is 0. The summed E-state index contributed by atoms with van der Waals surface area (Å²) in [6.45, 7) is 1.45. The molecule has 0 radical (unpaired) electrons. The maximum atomic E-state index is 13.3. The summed E-state index contributed by atoms with van der Waals surface area (Å²) in [5, 5.41) is 18.4. The molecule has 0 unspecified atom stereocenters. The van der Waals surface area contributed by atoms with Crippen molar-refractivity contribution in [2.75, 3.05) is 5.32 Å². The number of carbonyl (C=O) groups is 1. The Morgan fingerprint density at radius 1 is 1.35 bits per heavy atom. The van der Waals surface area contributed by atoms with Gasteiger partial charge < -0.3 is 10.1 Å². The number of nitrogens with one attached hydrogen (secondary N) is 1. The number of aryl methyl sites for hydroxylation is 1. The second-order valence-corrected chi connectivity index (χ2v) is 9.08. The number of carbonyl (C=O) groups excluding carboxylic acids is 1. The number of ether oxygens (including phenoxy) is 1. The topological polar surface area (TPSA) is 99.3 Å². The lowest BCUT2D eigenvalue weighted by Crippen LogP contribution is -2.21. The monoisotopic (exact) mass is 554 g/mol. The Morgan fingerprint density at radius 3 is 2.71 bits per heavy atom. The van der Waals surface area contributed by atoms with Crippen LogP contribution < -0.4 is 10.1 Å². The highest BCUT2D eigenvalue weighted by Crippen LogP contribution is 2.45. The van der Waals surface area contributed by atoms with Crippen LogP contribution in [0.1, 0.15) is 42.1 Å². The van der Waals surface area contributed by atoms with E-state index in [1.54, 1.807) is 25.1 Å². The predicted molar refractivity (Wildman–Crippen MR) is 125 cm³/mol. The lowest BCUT2D eigenvalue weighted by atomic mass is 10.2. The molecule has 3 aromatic rings. The molecular formula is C22H18BrClF2N4O4. The van der Waals surface area contributed by atoms with Gasteiger partial charge in [-0.05, 0) is 59.5 Å². The number of nitro groups is 1. The number of nitro benzene ring substituents is 1. The third-order valence-corrected chi connectivity index (χ3v) is 6.22. The van der Waals surface area contributed by atoms with Crippen LogP contribution in [0.2, 0.25) is 5.02 Å². The Kier molecular flexibility index (Phi) is 6.85. The largest absolute Gasteiger partial charge is 0.457 e. The summed E-state index contributed by atoms with van der Waals surface area (Å²) >= 11 is 9.14. The van der Waals surface area contributed by atoms with Gasteiger partial charge in [-0.3, -0.25) is 19.6 Å². The summed E-state index contributed by atoms with van der Waals surface area (Å²) in [6, 6.07) is 8.79. The van der Waals surface area contributed by atoms with Crippen LogP contribution >= 0.6 is 27.5 Å². The lowest BCUT2D eigenvalue weighted by molar-refractivity contribution is -0.384. The molecule has 0 saturated heterocycles. The van der Waals surface area contributed by atoms with E-state index >= 15 is 0 Å². The van der Waals surface area contributed by atoms with Gasteiger partial charge in [0.2, 0.25) is 5.91 Å². The molecule has 34 heavy (non-hydrogen) atoms. The van der Waals surface area contributed by atoms with Crippen molar-refractivity contribution in [2.24, 2.45) is 0 Å². The SMILES string of the molecule is Cc1cc(Cl)ccc1Oc1cc(NC(=O)Cn2nc(C(F)F)c(Br)c2C2CC2)cc([N+](=O)[O-])c1. The van der Waals surface area contributed by atoms with Gasteiger partial charge in [-0.2, -0.15) is 5.10 Å². The quantitative estimate of drug-likeness (QED) is 0.244. The first-order valence-corrected chi connectivity index (χ1v) is 11.4. The number of rotatable bonds is 8. The highest BCUT2D eigenvalue weighted by molar-refractivity contribution is 9.10. The molecule has 1 aliphatic rings. The minimum absolute atomic E-state index is 0.0580. The molecule has 0 spiro atoms. The average Bonchev–Trinajstić information content (AvgIpc) is 3.53. The first kappa shape index (κ1) is 24.1. The number of hydrogen-bond acceptors (Lipinski definition) is 5. The molecule has 4 rings (SSSR count). The number of aromatic nitrogens is 2. The molecular weight excluding hydrogens is 538 g/mol. The zero-order valence-electron chi connectivity index (χ0n) is 17.7. The van der Waals surface area contributed by atoms with Crippen molar-refractivity contribution in [3.63, 3.8) is 0 Å². The maximum absolute atomic E-state index is 13.3. The molecule has 178 valence electrons. The predicted octanol–water partition coefficient (Wildman–Crippen LogP) is 6.76. The number of benzene rings is 2. The van der Waals surface area contributed by atoms with Crippen LogP contribution in [-0.2, 0) is 11.3 Å². The normalized spacial score (nSPS) is 13.2. The number of amides is 1. The Labute approximate surface area is 206 Å². The minimum atomic E-state index is -2.79. The Morgan fingerprint density at radius 2 is 2.09 bits per heavy atom. The minimum Gasteiger partial charge on any atom is -0.457 e. The van der Waals surface area contributed by atoms with Crippen molar-refractivity contribution in [3.05, 3.63) is 73.0 Å². The summed E-state index contributed by atoms with van der Waals surface area (Å²) < 4.78 is 33.8. The van der Waals surface area contributed by atoms with Crippen LogP contribution in [0.4, 0.5) is 20.2 Å². The van der Waals surface area contributed by atoms with E-state index in [9.17, 15) is 23.7 Å². The number of nitrogens with zero attached hydrogens (tertiary/aromatic N) is 3. The Hall–Kier alpha value is -3.05. The molecule has 1 N–H and O–H groups in total. The highest BCUT2D eigenvalue weighted by atomic mass is 79.9. The molecule has 0 bridgehead atoms. The Bertz CT molecular complexity index is 1280. The van der Waals surface area contributed by atoms with E-state index in [1.807, 2.05) is 0 Å². The smallest absolute Gasteiger partial charge is 0.283 e. The second kappa shape index (κ2) is 9.67. The van der Waals surface area contributed by atoms with Gasteiger partial charge in [0.15, 0.2) is 0 Å². The van der Waals surface area contributed by atoms with Gasteiger partial charge in [0, 0.05) is 23.1 Å². The number of anilines is 1. The molecule has 12 heteroatoms. The summed E-state index contributed by atoms with van der Waals surface area (Å²) in [4.78, 5) is 23.5. The zero-order valence-corrected chi connectivity index (χ0v) is 20.1. The molecule has 8 nitrogen and oxygen atoms in total. The molecule has 2 aromatic carbocycles. The van der Waals surface area contributed by atoms with Gasteiger partial charge in [0.25, 0.3) is 12.1 Å². The first-order chi connectivity index (χ1) is 16.1. The van der Waals surface area contributed by atoms with Gasteiger partial charge >= 0.3 is 0 Å². The van der Waals surface area contributed by atoms with E-state index in [0.717, 1.165) is 18.4 Å².